The van der Waals surface area contributed by atoms with Gasteiger partial charge in [0.25, 0.3) is 0 Å². The lowest BCUT2D eigenvalue weighted by Gasteiger charge is -2.24. The van der Waals surface area contributed by atoms with E-state index in [1.54, 1.807) is 12.1 Å². The van der Waals surface area contributed by atoms with E-state index in [4.69, 9.17) is 10.5 Å². The number of nitrogens with two attached hydrogens (primary N) is 1. The van der Waals surface area contributed by atoms with Crippen LogP contribution >= 0.6 is 0 Å². The van der Waals surface area contributed by atoms with E-state index >= 15 is 0 Å². The van der Waals surface area contributed by atoms with Crippen LogP contribution in [0.2, 0.25) is 0 Å². The molecule has 1 heterocycles. The molecule has 2 aromatic carbocycles. The van der Waals surface area contributed by atoms with E-state index in [9.17, 15) is 9.59 Å². The minimum atomic E-state index is -0.357. The highest BCUT2D eigenvalue weighted by Crippen LogP contribution is 2.23. The molecule has 1 unspecified atom stereocenters. The van der Waals surface area contributed by atoms with E-state index in [1.165, 1.54) is 7.11 Å². The molecule has 1 amide bonds. The zero-order valence-corrected chi connectivity index (χ0v) is 14.0. The number of nitrogens with one attached hydrogen (secondary N) is 1. The first-order chi connectivity index (χ1) is 12.1. The number of fused-ring (bicyclic) bond motifs is 1. The van der Waals surface area contributed by atoms with Crippen LogP contribution in [0.25, 0.3) is 0 Å². The fraction of sp³-hybridized carbons (Fsp3) is 0.263. The first kappa shape index (κ1) is 17.0. The molecule has 0 aliphatic carbocycles. The lowest BCUT2D eigenvalue weighted by molar-refractivity contribution is -0.120. The van der Waals surface area contributed by atoms with Crippen molar-refractivity contribution < 1.29 is 19.1 Å². The Labute approximate surface area is 145 Å². The summed E-state index contributed by atoms with van der Waals surface area (Å²) in [4.78, 5) is 22.7. The van der Waals surface area contributed by atoms with Crippen LogP contribution in [-0.4, -0.2) is 25.0 Å². The molecular formula is C19H20N2O4. The van der Waals surface area contributed by atoms with Crippen LogP contribution in [0.3, 0.4) is 0 Å². The molecule has 0 radical (unpaired) electrons. The summed E-state index contributed by atoms with van der Waals surface area (Å²) >= 11 is 0. The van der Waals surface area contributed by atoms with Crippen LogP contribution in [0, 0.1) is 0 Å². The molecule has 3 rings (SSSR count). The topological polar surface area (TPSA) is 90.7 Å². The number of esters is 1. The molecule has 6 nitrogen and oxygen atoms in total. The van der Waals surface area contributed by atoms with Gasteiger partial charge in [0.05, 0.1) is 18.7 Å². The van der Waals surface area contributed by atoms with Crippen molar-refractivity contribution in [2.24, 2.45) is 5.73 Å². The quantitative estimate of drug-likeness (QED) is 0.806. The number of amides is 1. The lowest BCUT2D eigenvalue weighted by Crippen LogP contribution is -2.45. The minimum Gasteiger partial charge on any atom is -0.489 e. The SMILES string of the molecule is COC(=O)c1ccc(COc2ccc3c(c2)CNC(C(N)=O)C3)cc1. The van der Waals surface area contributed by atoms with Crippen LogP contribution < -0.4 is 15.8 Å². The Bertz CT molecular complexity index is 787. The molecular weight excluding hydrogens is 320 g/mol. The van der Waals surface area contributed by atoms with Gasteiger partial charge in [0.1, 0.15) is 12.4 Å². The van der Waals surface area contributed by atoms with Gasteiger partial charge >= 0.3 is 5.97 Å². The van der Waals surface area contributed by atoms with Crippen LogP contribution in [0.4, 0.5) is 0 Å². The monoisotopic (exact) mass is 340 g/mol. The molecule has 0 saturated carbocycles. The van der Waals surface area contributed by atoms with E-state index in [0.29, 0.717) is 25.1 Å². The number of ether oxygens (including phenoxy) is 2. The minimum absolute atomic E-state index is 0.312. The summed E-state index contributed by atoms with van der Waals surface area (Å²) in [7, 11) is 1.36. The predicted molar refractivity (Wildman–Crippen MR) is 92.1 cm³/mol. The molecule has 0 saturated heterocycles. The standard InChI is InChI=1S/C19H20N2O4/c1-24-19(23)13-4-2-12(3-5-13)11-25-16-7-6-14-9-17(18(20)22)21-10-15(14)8-16/h2-8,17,21H,9-11H2,1H3,(H2,20,22). The number of carbonyl (C=O) groups excluding carboxylic acids is 2. The van der Waals surface area contributed by atoms with Crippen LogP contribution in [-0.2, 0) is 29.1 Å². The highest BCUT2D eigenvalue weighted by atomic mass is 16.5. The molecule has 0 bridgehead atoms. The van der Waals surface area contributed by atoms with Gasteiger partial charge < -0.3 is 20.5 Å². The Kier molecular flexibility index (Phi) is 5.00. The van der Waals surface area contributed by atoms with Crippen LogP contribution in [0.15, 0.2) is 42.5 Å². The molecule has 1 aliphatic rings. The third-order valence-electron chi connectivity index (χ3n) is 4.26. The van der Waals surface area contributed by atoms with Crippen molar-refractivity contribution in [3.8, 4) is 5.75 Å². The van der Waals surface area contributed by atoms with E-state index in [0.717, 1.165) is 22.4 Å². The van der Waals surface area contributed by atoms with Crippen molar-refractivity contribution >= 4 is 11.9 Å². The number of hydrogen-bond acceptors (Lipinski definition) is 5. The Balaban J connectivity index is 1.63. The van der Waals surface area contributed by atoms with E-state index in [1.807, 2.05) is 30.3 Å². The average molecular weight is 340 g/mol. The molecule has 0 spiro atoms. The summed E-state index contributed by atoms with van der Waals surface area (Å²) in [6.07, 6.45) is 0.597. The molecule has 1 atom stereocenters. The maximum atomic E-state index is 11.4. The fourth-order valence-electron chi connectivity index (χ4n) is 2.80. The van der Waals surface area contributed by atoms with Gasteiger partial charge in [-0.15, -0.1) is 0 Å². The second-order valence-electron chi connectivity index (χ2n) is 5.95. The molecule has 3 N–H and O–H groups in total. The van der Waals surface area contributed by atoms with Gasteiger partial charge in [0.15, 0.2) is 0 Å². The number of benzene rings is 2. The van der Waals surface area contributed by atoms with Crippen LogP contribution in [0.5, 0.6) is 5.75 Å². The number of methoxy groups -OCH3 is 1. The van der Waals surface area contributed by atoms with Crippen molar-refractivity contribution in [2.75, 3.05) is 7.11 Å². The summed E-state index contributed by atoms with van der Waals surface area (Å²) < 4.78 is 10.5. The Morgan fingerprint density at radius 1 is 1.16 bits per heavy atom. The summed E-state index contributed by atoms with van der Waals surface area (Å²) in [6.45, 7) is 0.992. The number of hydrogen-bond donors (Lipinski definition) is 2. The first-order valence-electron chi connectivity index (χ1n) is 8.01. The summed E-state index contributed by atoms with van der Waals surface area (Å²) in [6, 6.07) is 12.6. The first-order valence-corrected chi connectivity index (χ1v) is 8.01. The maximum Gasteiger partial charge on any atom is 0.337 e. The highest BCUT2D eigenvalue weighted by molar-refractivity contribution is 5.89. The van der Waals surface area contributed by atoms with Crippen molar-refractivity contribution in [2.45, 2.75) is 25.6 Å². The molecule has 2 aromatic rings. The van der Waals surface area contributed by atoms with Gasteiger partial charge in [0.2, 0.25) is 5.91 Å². The Morgan fingerprint density at radius 3 is 2.60 bits per heavy atom. The third-order valence-corrected chi connectivity index (χ3v) is 4.26. The molecule has 0 fully saturated rings. The van der Waals surface area contributed by atoms with Gasteiger partial charge in [-0.1, -0.05) is 18.2 Å². The van der Waals surface area contributed by atoms with E-state index in [2.05, 4.69) is 10.1 Å². The third kappa shape index (κ3) is 3.97. The number of rotatable bonds is 5. The Hall–Kier alpha value is -2.86. The van der Waals surface area contributed by atoms with Crippen molar-refractivity contribution in [3.63, 3.8) is 0 Å². The second-order valence-corrected chi connectivity index (χ2v) is 5.95. The molecule has 25 heavy (non-hydrogen) atoms. The van der Waals surface area contributed by atoms with Gasteiger partial charge in [-0.3, -0.25) is 4.79 Å². The van der Waals surface area contributed by atoms with Gasteiger partial charge in [0, 0.05) is 6.54 Å². The van der Waals surface area contributed by atoms with Crippen molar-refractivity contribution in [1.29, 1.82) is 0 Å². The van der Waals surface area contributed by atoms with Gasteiger partial charge in [-0.25, -0.2) is 4.79 Å². The summed E-state index contributed by atoms with van der Waals surface area (Å²) in [5.41, 5.74) is 9.03. The van der Waals surface area contributed by atoms with E-state index in [-0.39, 0.29) is 17.9 Å². The smallest absolute Gasteiger partial charge is 0.337 e. The second kappa shape index (κ2) is 7.36. The van der Waals surface area contributed by atoms with Crippen molar-refractivity contribution in [3.05, 3.63) is 64.7 Å². The highest BCUT2D eigenvalue weighted by Gasteiger charge is 2.22. The summed E-state index contributed by atoms with van der Waals surface area (Å²) in [5.74, 6) is 0.0698. The average Bonchev–Trinajstić information content (AvgIpc) is 2.65. The van der Waals surface area contributed by atoms with Gasteiger partial charge in [-0.2, -0.15) is 0 Å². The molecule has 6 heteroatoms. The molecule has 1 aliphatic heterocycles. The maximum absolute atomic E-state index is 11.4. The fourth-order valence-corrected chi connectivity index (χ4v) is 2.80. The zero-order chi connectivity index (χ0) is 17.8. The lowest BCUT2D eigenvalue weighted by atomic mass is 9.95. The zero-order valence-electron chi connectivity index (χ0n) is 14.0. The largest absolute Gasteiger partial charge is 0.489 e. The predicted octanol–water partition coefficient (Wildman–Crippen LogP) is 1.55. The van der Waals surface area contributed by atoms with Gasteiger partial charge in [-0.05, 0) is 47.4 Å². The Morgan fingerprint density at radius 2 is 1.92 bits per heavy atom. The van der Waals surface area contributed by atoms with Crippen molar-refractivity contribution in [1.82, 2.24) is 5.32 Å². The normalized spacial score (nSPS) is 16.0. The van der Waals surface area contributed by atoms with Crippen LogP contribution in [0.1, 0.15) is 27.0 Å². The molecule has 130 valence electrons. The molecule has 0 aromatic heterocycles. The summed E-state index contributed by atoms with van der Waals surface area (Å²) in [5, 5.41) is 3.12. The number of carbonyl (C=O) groups is 2. The van der Waals surface area contributed by atoms with E-state index < -0.39 is 0 Å². The number of primary amides is 1.